The molecule has 0 spiro atoms. The van der Waals surface area contributed by atoms with Gasteiger partial charge in [0, 0.05) is 56.0 Å². The molecule has 1 aliphatic heterocycles. The zero-order valence-electron chi connectivity index (χ0n) is 17.0. The number of sulfonamides is 1. The Bertz CT molecular complexity index is 1000. The maximum absolute atomic E-state index is 14.0. The first kappa shape index (κ1) is 22.5. The number of hydrogen-bond donors (Lipinski definition) is 0. The van der Waals surface area contributed by atoms with Crippen molar-refractivity contribution in [2.75, 3.05) is 43.9 Å². The van der Waals surface area contributed by atoms with Gasteiger partial charge in [-0.15, -0.1) is 0 Å². The van der Waals surface area contributed by atoms with Crippen molar-refractivity contribution in [1.29, 1.82) is 0 Å². The van der Waals surface area contributed by atoms with Crippen LogP contribution in [0, 0.1) is 12.7 Å². The Labute approximate surface area is 181 Å². The lowest BCUT2D eigenvalue weighted by Crippen LogP contribution is -2.50. The number of nitrogens with zero attached hydrogens (tertiary/aromatic N) is 3. The van der Waals surface area contributed by atoms with E-state index in [-0.39, 0.29) is 17.1 Å². The summed E-state index contributed by atoms with van der Waals surface area (Å²) in [5.74, 6) is -1.78. The fraction of sp³-hybridized carbons (Fsp3) is 0.381. The van der Waals surface area contributed by atoms with Gasteiger partial charge in [0.25, 0.3) is 0 Å². The summed E-state index contributed by atoms with van der Waals surface area (Å²) in [6.07, 6.45) is 0. The molecule has 30 heavy (non-hydrogen) atoms. The van der Waals surface area contributed by atoms with E-state index in [0.717, 1.165) is 11.3 Å². The van der Waals surface area contributed by atoms with E-state index in [2.05, 4.69) is 11.0 Å². The molecule has 0 bridgehead atoms. The molecule has 0 N–H and O–H groups in total. The van der Waals surface area contributed by atoms with Crippen molar-refractivity contribution in [1.82, 2.24) is 9.21 Å². The van der Waals surface area contributed by atoms with Crippen molar-refractivity contribution in [2.24, 2.45) is 0 Å². The molecule has 9 heteroatoms. The minimum absolute atomic E-state index is 0.0962. The highest BCUT2D eigenvalue weighted by atomic mass is 35.5. The van der Waals surface area contributed by atoms with Crippen LogP contribution < -0.4 is 4.90 Å². The second-order valence-electron chi connectivity index (χ2n) is 7.43. The molecular weight excluding hydrogens is 429 g/mol. The molecule has 0 unspecified atom stereocenters. The number of halogens is 2. The molecule has 1 heterocycles. The SMILES string of the molecule is Cc1cccc(N2CCN(S(=O)(=O)CC(=O)N(C)Cc3c(F)cccc3Cl)CC2)c1. The third-order valence-corrected chi connectivity index (χ3v) is 7.31. The average Bonchev–Trinajstić information content (AvgIpc) is 2.70. The van der Waals surface area contributed by atoms with Gasteiger partial charge in [0.2, 0.25) is 15.9 Å². The van der Waals surface area contributed by atoms with E-state index in [4.69, 9.17) is 11.6 Å². The lowest BCUT2D eigenvalue weighted by molar-refractivity contribution is -0.127. The summed E-state index contributed by atoms with van der Waals surface area (Å²) in [7, 11) is -2.32. The summed E-state index contributed by atoms with van der Waals surface area (Å²) in [6, 6.07) is 12.3. The second kappa shape index (κ2) is 9.32. The zero-order chi connectivity index (χ0) is 21.9. The van der Waals surface area contributed by atoms with Gasteiger partial charge in [-0.25, -0.2) is 12.8 Å². The highest BCUT2D eigenvalue weighted by Crippen LogP contribution is 2.21. The van der Waals surface area contributed by atoms with Crippen molar-refractivity contribution in [3.63, 3.8) is 0 Å². The fourth-order valence-corrected chi connectivity index (χ4v) is 5.07. The molecule has 1 aliphatic rings. The Morgan fingerprint density at radius 3 is 2.43 bits per heavy atom. The molecule has 1 fully saturated rings. The number of hydrogen-bond acceptors (Lipinski definition) is 4. The van der Waals surface area contributed by atoms with Gasteiger partial charge in [-0.3, -0.25) is 4.79 Å². The molecular formula is C21H25ClFN3O3S. The third-order valence-electron chi connectivity index (χ3n) is 5.19. The first-order valence-corrected chi connectivity index (χ1v) is 11.6. The molecule has 2 aromatic rings. The van der Waals surface area contributed by atoms with Gasteiger partial charge in [0.05, 0.1) is 0 Å². The predicted molar refractivity (Wildman–Crippen MR) is 117 cm³/mol. The number of carbonyl (C=O) groups excluding carboxylic acids is 1. The molecule has 0 atom stereocenters. The number of carbonyl (C=O) groups is 1. The van der Waals surface area contributed by atoms with Gasteiger partial charge in [0.15, 0.2) is 0 Å². The summed E-state index contributed by atoms with van der Waals surface area (Å²) in [6.45, 7) is 3.65. The largest absolute Gasteiger partial charge is 0.369 e. The van der Waals surface area contributed by atoms with Crippen LogP contribution in [0.2, 0.25) is 5.02 Å². The Balaban J connectivity index is 1.59. The van der Waals surface area contributed by atoms with Crippen LogP contribution in [0.3, 0.4) is 0 Å². The lowest BCUT2D eigenvalue weighted by Gasteiger charge is -2.35. The van der Waals surface area contributed by atoms with Crippen molar-refractivity contribution in [3.05, 3.63) is 64.4 Å². The van der Waals surface area contributed by atoms with Gasteiger partial charge in [0.1, 0.15) is 11.6 Å². The van der Waals surface area contributed by atoms with Crippen LogP contribution >= 0.6 is 11.6 Å². The van der Waals surface area contributed by atoms with Crippen molar-refractivity contribution in [3.8, 4) is 0 Å². The van der Waals surface area contributed by atoms with E-state index in [1.165, 1.54) is 34.5 Å². The van der Waals surface area contributed by atoms with Gasteiger partial charge in [-0.05, 0) is 36.8 Å². The number of rotatable bonds is 6. The summed E-state index contributed by atoms with van der Waals surface area (Å²) in [4.78, 5) is 15.8. The maximum Gasteiger partial charge on any atom is 0.239 e. The first-order valence-electron chi connectivity index (χ1n) is 9.63. The monoisotopic (exact) mass is 453 g/mol. The maximum atomic E-state index is 14.0. The van der Waals surface area contributed by atoms with Crippen molar-refractivity contribution >= 4 is 33.2 Å². The van der Waals surface area contributed by atoms with Crippen LogP contribution in [0.25, 0.3) is 0 Å². The summed E-state index contributed by atoms with van der Waals surface area (Å²) < 4.78 is 40.8. The minimum atomic E-state index is -3.77. The molecule has 0 radical (unpaired) electrons. The van der Waals surface area contributed by atoms with Crippen molar-refractivity contribution < 1.29 is 17.6 Å². The Morgan fingerprint density at radius 1 is 1.13 bits per heavy atom. The molecule has 2 aromatic carbocycles. The normalized spacial score (nSPS) is 15.3. The van der Waals surface area contributed by atoms with Crippen LogP contribution in [-0.2, 0) is 21.4 Å². The van der Waals surface area contributed by atoms with E-state index in [9.17, 15) is 17.6 Å². The number of piperazine rings is 1. The van der Waals surface area contributed by atoms with E-state index in [1.807, 2.05) is 25.1 Å². The van der Waals surface area contributed by atoms with Crippen molar-refractivity contribution in [2.45, 2.75) is 13.5 Å². The van der Waals surface area contributed by atoms with E-state index < -0.39 is 27.5 Å². The van der Waals surface area contributed by atoms with Gasteiger partial charge in [-0.2, -0.15) is 4.31 Å². The highest BCUT2D eigenvalue weighted by Gasteiger charge is 2.30. The summed E-state index contributed by atoms with van der Waals surface area (Å²) in [5.41, 5.74) is 2.37. The number of benzene rings is 2. The molecule has 1 amide bonds. The minimum Gasteiger partial charge on any atom is -0.369 e. The molecule has 0 aliphatic carbocycles. The van der Waals surface area contributed by atoms with Crippen LogP contribution in [0.4, 0.5) is 10.1 Å². The smallest absolute Gasteiger partial charge is 0.239 e. The Kier molecular flexibility index (Phi) is 7.00. The summed E-state index contributed by atoms with van der Waals surface area (Å²) >= 11 is 6.00. The average molecular weight is 454 g/mol. The van der Waals surface area contributed by atoms with E-state index in [1.54, 1.807) is 0 Å². The Morgan fingerprint density at radius 2 is 1.80 bits per heavy atom. The molecule has 6 nitrogen and oxygen atoms in total. The number of aryl methyl sites for hydroxylation is 1. The van der Waals surface area contributed by atoms with Crippen LogP contribution in [0.15, 0.2) is 42.5 Å². The van der Waals surface area contributed by atoms with Crippen LogP contribution in [0.5, 0.6) is 0 Å². The van der Waals surface area contributed by atoms with Gasteiger partial charge < -0.3 is 9.80 Å². The molecule has 162 valence electrons. The first-order chi connectivity index (χ1) is 14.2. The van der Waals surface area contributed by atoms with E-state index in [0.29, 0.717) is 26.2 Å². The third kappa shape index (κ3) is 5.30. The molecule has 0 aromatic heterocycles. The highest BCUT2D eigenvalue weighted by molar-refractivity contribution is 7.89. The zero-order valence-corrected chi connectivity index (χ0v) is 18.6. The summed E-state index contributed by atoms with van der Waals surface area (Å²) in [5, 5.41) is 0.199. The standard InChI is InChI=1S/C21H25ClFN3O3S/c1-16-5-3-6-17(13-16)25-9-11-26(12-10-25)30(28,29)15-21(27)24(2)14-18-19(22)7-4-8-20(18)23/h3-8,13H,9-12,14-15H2,1-2H3. The van der Waals surface area contributed by atoms with Crippen LogP contribution in [0.1, 0.15) is 11.1 Å². The lowest BCUT2D eigenvalue weighted by atomic mass is 10.2. The molecule has 3 rings (SSSR count). The fourth-order valence-electron chi connectivity index (χ4n) is 3.42. The van der Waals surface area contributed by atoms with Gasteiger partial charge >= 0.3 is 0 Å². The van der Waals surface area contributed by atoms with Gasteiger partial charge in [-0.1, -0.05) is 29.8 Å². The Hall–Kier alpha value is -2.16. The quantitative estimate of drug-likeness (QED) is 0.674. The topological polar surface area (TPSA) is 60.9 Å². The molecule has 0 saturated carbocycles. The predicted octanol–water partition coefficient (Wildman–Crippen LogP) is 2.90. The number of anilines is 1. The van der Waals surface area contributed by atoms with E-state index >= 15 is 0 Å². The van der Waals surface area contributed by atoms with Crippen LogP contribution in [-0.4, -0.2) is 62.5 Å². The second-order valence-corrected chi connectivity index (χ2v) is 9.81. The molecule has 1 saturated heterocycles. The number of amides is 1.